The number of carbonyl (C=O) groups excluding carboxylic acids is 2. The van der Waals surface area contributed by atoms with E-state index in [9.17, 15) is 14.4 Å². The Morgan fingerprint density at radius 2 is 1.74 bits per heavy atom. The summed E-state index contributed by atoms with van der Waals surface area (Å²) in [4.78, 5) is 47.8. The van der Waals surface area contributed by atoms with E-state index in [2.05, 4.69) is 0 Å². The molecule has 0 radical (unpaired) electrons. The van der Waals surface area contributed by atoms with Crippen LogP contribution in [0.25, 0.3) is 17.0 Å². The lowest BCUT2D eigenvalue weighted by molar-refractivity contribution is -0.139. The zero-order valence-electron chi connectivity index (χ0n) is 26.5. The van der Waals surface area contributed by atoms with Crippen molar-refractivity contribution in [1.29, 1.82) is 0 Å². The quantitative estimate of drug-likeness (QED) is 0.257. The van der Waals surface area contributed by atoms with Crippen molar-refractivity contribution >= 4 is 40.2 Å². The highest BCUT2D eigenvalue weighted by Crippen LogP contribution is 2.42. The summed E-state index contributed by atoms with van der Waals surface area (Å²) in [6.07, 6.45) is 5.80. The highest BCUT2D eigenvalue weighted by molar-refractivity contribution is 7.07. The Morgan fingerprint density at radius 1 is 1.04 bits per heavy atom. The maximum absolute atomic E-state index is 14.3. The van der Waals surface area contributed by atoms with Gasteiger partial charge < -0.3 is 28.4 Å². The number of esters is 1. The number of hydrogen-bond donors (Lipinski definition) is 0. The zero-order chi connectivity index (χ0) is 32.5. The number of aromatic nitrogens is 2. The van der Waals surface area contributed by atoms with Gasteiger partial charge in [-0.1, -0.05) is 29.5 Å². The fourth-order valence-electron chi connectivity index (χ4n) is 6.24. The van der Waals surface area contributed by atoms with E-state index >= 15 is 0 Å². The average molecular weight is 645 g/mol. The summed E-state index contributed by atoms with van der Waals surface area (Å²) in [7, 11) is 4.53. The first-order valence-electron chi connectivity index (χ1n) is 15.1. The van der Waals surface area contributed by atoms with Crippen molar-refractivity contribution in [2.24, 2.45) is 4.99 Å². The van der Waals surface area contributed by atoms with Crippen LogP contribution in [-0.2, 0) is 20.9 Å². The molecule has 2 aromatic heterocycles. The molecule has 2 aromatic carbocycles. The Balaban J connectivity index is 1.52. The summed E-state index contributed by atoms with van der Waals surface area (Å²) < 4.78 is 26.1. The minimum absolute atomic E-state index is 0.0801. The first-order chi connectivity index (χ1) is 22.3. The number of benzene rings is 2. The highest BCUT2D eigenvalue weighted by atomic mass is 32.1. The molecule has 4 heterocycles. The molecule has 0 bridgehead atoms. The molecule has 1 saturated heterocycles. The predicted molar refractivity (Wildman–Crippen MR) is 174 cm³/mol. The van der Waals surface area contributed by atoms with Crippen LogP contribution in [0, 0.1) is 0 Å². The van der Waals surface area contributed by atoms with Crippen LogP contribution in [0.3, 0.4) is 0 Å². The van der Waals surface area contributed by atoms with E-state index in [-0.39, 0.29) is 30.2 Å². The minimum atomic E-state index is -0.870. The van der Waals surface area contributed by atoms with Gasteiger partial charge in [-0.3, -0.25) is 14.2 Å². The number of carbonyl (C=O) groups is 2. The molecule has 0 saturated carbocycles. The van der Waals surface area contributed by atoms with E-state index in [4.69, 9.17) is 23.9 Å². The van der Waals surface area contributed by atoms with Crippen molar-refractivity contribution in [2.45, 2.75) is 39.3 Å². The zero-order valence-corrected chi connectivity index (χ0v) is 27.3. The Labute approximate surface area is 269 Å². The van der Waals surface area contributed by atoms with Crippen molar-refractivity contribution in [3.63, 3.8) is 0 Å². The number of hydrogen-bond acceptors (Lipinski definition) is 9. The third kappa shape index (κ3) is 5.46. The molecular weight excluding hydrogens is 608 g/mol. The van der Waals surface area contributed by atoms with Crippen LogP contribution in [0.2, 0.25) is 0 Å². The maximum atomic E-state index is 14.3. The van der Waals surface area contributed by atoms with Gasteiger partial charge in [0.15, 0.2) is 16.3 Å². The number of fused-ring (bicyclic) bond motifs is 2. The molecule has 6 rings (SSSR count). The van der Waals surface area contributed by atoms with Gasteiger partial charge in [-0.2, -0.15) is 0 Å². The number of allylic oxidation sites excluding steroid dienone is 1. The van der Waals surface area contributed by atoms with E-state index in [0.717, 1.165) is 42.4 Å². The van der Waals surface area contributed by atoms with Gasteiger partial charge in [-0.05, 0) is 56.5 Å². The Bertz CT molecular complexity index is 2020. The fraction of sp³-hybridized carbons (Fsp3) is 0.353. The Kier molecular flexibility index (Phi) is 8.72. The molecule has 46 heavy (non-hydrogen) atoms. The molecule has 1 amide bonds. The summed E-state index contributed by atoms with van der Waals surface area (Å²) in [5, 5.41) is 0.923. The topological polar surface area (TPSA) is 114 Å². The second-order valence-electron chi connectivity index (χ2n) is 11.1. The number of para-hydroxylation sites is 1. The fourth-order valence-corrected chi connectivity index (χ4v) is 7.28. The summed E-state index contributed by atoms with van der Waals surface area (Å²) in [6.45, 7) is 5.41. The average Bonchev–Trinajstić information content (AvgIpc) is 3.79. The lowest BCUT2D eigenvalue weighted by Gasteiger charge is -2.26. The largest absolute Gasteiger partial charge is 0.493 e. The van der Waals surface area contributed by atoms with Gasteiger partial charge in [0.05, 0.1) is 49.8 Å². The van der Waals surface area contributed by atoms with Crippen LogP contribution in [0.5, 0.6) is 17.2 Å². The molecule has 2 aliphatic heterocycles. The third-order valence-electron chi connectivity index (χ3n) is 8.39. The second kappa shape index (κ2) is 12.9. The predicted octanol–water partition coefficient (Wildman–Crippen LogP) is 3.40. The van der Waals surface area contributed by atoms with Crippen LogP contribution in [0.4, 0.5) is 0 Å². The number of nitrogens with zero attached hydrogens (tertiary/aromatic N) is 4. The molecular formula is C34H36N4O7S. The summed E-state index contributed by atoms with van der Waals surface area (Å²) in [5.41, 5.74) is 2.65. The van der Waals surface area contributed by atoms with Crippen LogP contribution < -0.4 is 29.1 Å². The molecule has 1 atom stereocenters. The number of thiazole rings is 1. The number of ether oxygens (including phenoxy) is 4. The molecule has 0 N–H and O–H groups in total. The molecule has 1 fully saturated rings. The Hall–Kier alpha value is -4.84. The van der Waals surface area contributed by atoms with E-state index in [1.807, 2.05) is 46.0 Å². The SMILES string of the molecule is CCOC(=O)C1=C(C)N=c2s/c(=C/c3cn(CC(=O)N4CCCC4)c4ccccc34)c(=O)n2[C@H]1c1cc(OC)c(OC)c(OC)c1. The number of rotatable bonds is 9. The molecule has 0 unspecified atom stereocenters. The van der Waals surface area contributed by atoms with Gasteiger partial charge in [0.25, 0.3) is 5.56 Å². The standard InChI is InChI=1S/C34H36N4O7S/c1-6-45-33(41)29-20(2)35-34-38(30(29)21-15-25(42-3)31(44-5)26(16-21)43-4)32(40)27(46-34)17-22-18-37(24-12-8-7-11-23(22)24)19-28(39)36-13-9-10-14-36/h7-8,11-12,15-18,30H,6,9-10,13-14,19H2,1-5H3/b27-17+/t30-/m0/s1. The van der Waals surface area contributed by atoms with Crippen molar-refractivity contribution in [3.05, 3.63) is 84.7 Å². The molecule has 0 aliphatic carbocycles. The van der Waals surface area contributed by atoms with Gasteiger partial charge in [0.1, 0.15) is 6.54 Å². The lowest BCUT2D eigenvalue weighted by Crippen LogP contribution is -2.40. The first kappa shape index (κ1) is 31.2. The minimum Gasteiger partial charge on any atom is -0.493 e. The van der Waals surface area contributed by atoms with Crippen molar-refractivity contribution in [1.82, 2.24) is 14.0 Å². The van der Waals surface area contributed by atoms with Crippen molar-refractivity contribution in [3.8, 4) is 17.2 Å². The summed E-state index contributed by atoms with van der Waals surface area (Å²) >= 11 is 1.24. The first-order valence-corrected chi connectivity index (χ1v) is 16.0. The number of methoxy groups -OCH3 is 3. The van der Waals surface area contributed by atoms with Gasteiger partial charge in [0, 0.05) is 35.8 Å². The second-order valence-corrected chi connectivity index (χ2v) is 12.1. The van der Waals surface area contributed by atoms with E-state index < -0.39 is 12.0 Å². The number of amides is 1. The highest BCUT2D eigenvalue weighted by Gasteiger charge is 2.35. The monoisotopic (exact) mass is 644 g/mol. The summed E-state index contributed by atoms with van der Waals surface area (Å²) in [6, 6.07) is 10.4. The van der Waals surface area contributed by atoms with E-state index in [0.29, 0.717) is 37.8 Å². The van der Waals surface area contributed by atoms with Gasteiger partial charge in [0.2, 0.25) is 11.7 Å². The normalized spacial score (nSPS) is 16.4. The van der Waals surface area contributed by atoms with Crippen LogP contribution in [-0.4, -0.2) is 66.9 Å². The van der Waals surface area contributed by atoms with Gasteiger partial charge in [-0.25, -0.2) is 9.79 Å². The van der Waals surface area contributed by atoms with Crippen LogP contribution >= 0.6 is 11.3 Å². The van der Waals surface area contributed by atoms with E-state index in [1.54, 1.807) is 26.0 Å². The third-order valence-corrected chi connectivity index (χ3v) is 9.37. The summed E-state index contributed by atoms with van der Waals surface area (Å²) in [5.74, 6) is 0.666. The maximum Gasteiger partial charge on any atom is 0.338 e. The van der Waals surface area contributed by atoms with E-state index in [1.165, 1.54) is 37.2 Å². The molecule has 0 spiro atoms. The molecule has 240 valence electrons. The molecule has 2 aliphatic rings. The Morgan fingerprint density at radius 3 is 2.39 bits per heavy atom. The van der Waals surface area contributed by atoms with Crippen molar-refractivity contribution in [2.75, 3.05) is 41.0 Å². The van der Waals surface area contributed by atoms with Crippen LogP contribution in [0.1, 0.15) is 43.9 Å². The van der Waals surface area contributed by atoms with Gasteiger partial charge in [-0.15, -0.1) is 0 Å². The van der Waals surface area contributed by atoms with Crippen molar-refractivity contribution < 1.29 is 28.5 Å². The molecule has 11 nitrogen and oxygen atoms in total. The molecule has 4 aromatic rings. The smallest absolute Gasteiger partial charge is 0.338 e. The lowest BCUT2D eigenvalue weighted by atomic mass is 9.95. The number of likely N-dealkylation sites (tertiary alicyclic amines) is 1. The molecule has 12 heteroatoms. The van der Waals surface area contributed by atoms with Crippen LogP contribution in [0.15, 0.2) is 63.7 Å². The van der Waals surface area contributed by atoms with Gasteiger partial charge >= 0.3 is 5.97 Å².